The number of rotatable bonds is 6. The van der Waals surface area contributed by atoms with Crippen LogP contribution < -0.4 is 4.90 Å². The summed E-state index contributed by atoms with van der Waals surface area (Å²) in [4.78, 5) is 18.4. The van der Waals surface area contributed by atoms with Gasteiger partial charge in [-0.1, -0.05) is 13.3 Å². The average molecular weight is 310 g/mol. The molecule has 1 aromatic heterocycles. The Hall–Kier alpha value is -1.10. The molecule has 0 amide bonds. The molecule has 0 spiro atoms. The topological polar surface area (TPSA) is 42.4 Å². The van der Waals surface area contributed by atoms with E-state index in [0.717, 1.165) is 16.7 Å². The molecule has 4 nitrogen and oxygen atoms in total. The maximum absolute atomic E-state index is 11.5. The van der Waals surface area contributed by atoms with Crippen molar-refractivity contribution in [2.45, 2.75) is 58.4 Å². The van der Waals surface area contributed by atoms with Gasteiger partial charge in [-0.25, -0.2) is 4.98 Å². The third kappa shape index (κ3) is 4.43. The molecule has 0 aliphatic heterocycles. The summed E-state index contributed by atoms with van der Waals surface area (Å²) in [5.41, 5.74) is 0.822. The average Bonchev–Trinajstić information content (AvgIpc) is 2.95. The number of ether oxygens (including phenoxy) is 1. The standard InChI is InChI=1S/C16H26N2O2S/c1-4-12-6-8-14(9-7-12)18(3)16-17-13(11-21-16)10-15(19)20-5-2/h11-12,14H,4-10H2,1-3H3. The molecule has 1 aromatic rings. The van der Waals surface area contributed by atoms with Crippen molar-refractivity contribution in [2.24, 2.45) is 5.92 Å². The molecule has 1 aliphatic rings. The van der Waals surface area contributed by atoms with Crippen LogP contribution in [0.4, 0.5) is 5.13 Å². The highest BCUT2D eigenvalue weighted by Gasteiger charge is 2.24. The lowest BCUT2D eigenvalue weighted by molar-refractivity contribution is -0.142. The molecule has 5 heteroatoms. The van der Waals surface area contributed by atoms with Gasteiger partial charge in [-0.05, 0) is 38.5 Å². The van der Waals surface area contributed by atoms with E-state index in [0.29, 0.717) is 12.6 Å². The first-order valence-electron chi connectivity index (χ1n) is 7.96. The van der Waals surface area contributed by atoms with Gasteiger partial charge in [0.2, 0.25) is 0 Å². The number of nitrogens with zero attached hydrogens (tertiary/aromatic N) is 2. The first-order valence-corrected chi connectivity index (χ1v) is 8.84. The number of hydrogen-bond acceptors (Lipinski definition) is 5. The summed E-state index contributed by atoms with van der Waals surface area (Å²) in [5.74, 6) is 0.714. The zero-order chi connectivity index (χ0) is 15.2. The SMILES string of the molecule is CCOC(=O)Cc1csc(N(C)C2CCC(CC)CC2)n1. The molecule has 0 saturated heterocycles. The zero-order valence-electron chi connectivity index (χ0n) is 13.3. The predicted molar refractivity (Wildman–Crippen MR) is 86.9 cm³/mol. The molecule has 1 heterocycles. The van der Waals surface area contributed by atoms with Crippen molar-refractivity contribution >= 4 is 22.4 Å². The molecule has 0 N–H and O–H groups in total. The van der Waals surface area contributed by atoms with E-state index in [1.165, 1.54) is 32.1 Å². The molecular formula is C16H26N2O2S. The van der Waals surface area contributed by atoms with Crippen LogP contribution in [0, 0.1) is 5.92 Å². The van der Waals surface area contributed by atoms with Crippen LogP contribution in [0.1, 0.15) is 51.6 Å². The molecule has 0 radical (unpaired) electrons. The van der Waals surface area contributed by atoms with Gasteiger partial charge in [-0.2, -0.15) is 0 Å². The maximum Gasteiger partial charge on any atom is 0.311 e. The third-order valence-electron chi connectivity index (χ3n) is 4.41. The van der Waals surface area contributed by atoms with E-state index >= 15 is 0 Å². The Morgan fingerprint density at radius 3 is 2.71 bits per heavy atom. The van der Waals surface area contributed by atoms with Crippen molar-refractivity contribution < 1.29 is 9.53 Å². The van der Waals surface area contributed by atoms with Crippen LogP contribution in [-0.2, 0) is 16.0 Å². The van der Waals surface area contributed by atoms with Gasteiger partial charge < -0.3 is 9.64 Å². The lowest BCUT2D eigenvalue weighted by Gasteiger charge is -2.34. The van der Waals surface area contributed by atoms with E-state index in [-0.39, 0.29) is 12.4 Å². The molecule has 1 saturated carbocycles. The molecule has 0 unspecified atom stereocenters. The molecular weight excluding hydrogens is 284 g/mol. The number of carbonyl (C=O) groups excluding carboxylic acids is 1. The van der Waals surface area contributed by atoms with Gasteiger partial charge in [0, 0.05) is 18.5 Å². The van der Waals surface area contributed by atoms with Crippen LogP contribution in [0.2, 0.25) is 0 Å². The lowest BCUT2D eigenvalue weighted by atomic mass is 9.84. The molecule has 1 fully saturated rings. The fourth-order valence-corrected chi connectivity index (χ4v) is 3.86. The van der Waals surface area contributed by atoms with Gasteiger partial charge in [0.1, 0.15) is 0 Å². The first-order chi connectivity index (χ1) is 10.1. The molecule has 2 rings (SSSR count). The Bertz CT molecular complexity index is 453. The summed E-state index contributed by atoms with van der Waals surface area (Å²) in [6.45, 7) is 4.54. The molecule has 0 atom stereocenters. The van der Waals surface area contributed by atoms with Crippen LogP contribution >= 0.6 is 11.3 Å². The molecule has 0 aromatic carbocycles. The van der Waals surface area contributed by atoms with Crippen LogP contribution in [0.15, 0.2) is 5.38 Å². The number of hydrogen-bond donors (Lipinski definition) is 0. The van der Waals surface area contributed by atoms with E-state index < -0.39 is 0 Å². The minimum atomic E-state index is -0.194. The molecule has 0 bridgehead atoms. The smallest absolute Gasteiger partial charge is 0.311 e. The van der Waals surface area contributed by atoms with Crippen LogP contribution in [0.3, 0.4) is 0 Å². The van der Waals surface area contributed by atoms with E-state index in [1.54, 1.807) is 11.3 Å². The largest absolute Gasteiger partial charge is 0.466 e. The Morgan fingerprint density at radius 1 is 1.38 bits per heavy atom. The molecule has 118 valence electrons. The van der Waals surface area contributed by atoms with Gasteiger partial charge in [0.15, 0.2) is 5.13 Å². The summed E-state index contributed by atoms with van der Waals surface area (Å²) in [6.07, 6.45) is 6.74. The van der Waals surface area contributed by atoms with Crippen LogP contribution in [0.25, 0.3) is 0 Å². The minimum absolute atomic E-state index is 0.194. The number of aromatic nitrogens is 1. The molecule has 1 aliphatic carbocycles. The number of thiazole rings is 1. The second kappa shape index (κ2) is 7.78. The van der Waals surface area contributed by atoms with Crippen LogP contribution in [-0.4, -0.2) is 30.6 Å². The monoisotopic (exact) mass is 310 g/mol. The Labute approximate surface area is 131 Å². The fourth-order valence-electron chi connectivity index (χ4n) is 3.00. The quantitative estimate of drug-likeness (QED) is 0.752. The van der Waals surface area contributed by atoms with Gasteiger partial charge in [-0.3, -0.25) is 4.79 Å². The Balaban J connectivity index is 1.90. The summed E-state index contributed by atoms with van der Waals surface area (Å²) in [5, 5.41) is 3.00. The lowest BCUT2D eigenvalue weighted by Crippen LogP contribution is -2.35. The highest BCUT2D eigenvalue weighted by molar-refractivity contribution is 7.13. The summed E-state index contributed by atoms with van der Waals surface area (Å²) in [7, 11) is 2.13. The van der Waals surface area contributed by atoms with Gasteiger partial charge in [0.05, 0.1) is 18.7 Å². The Morgan fingerprint density at radius 2 is 2.10 bits per heavy atom. The number of esters is 1. The summed E-state index contributed by atoms with van der Waals surface area (Å²) in [6, 6.07) is 0.592. The van der Waals surface area contributed by atoms with Crippen molar-refractivity contribution in [1.29, 1.82) is 0 Å². The highest BCUT2D eigenvalue weighted by atomic mass is 32.1. The summed E-state index contributed by atoms with van der Waals surface area (Å²) >= 11 is 1.62. The first kappa shape index (κ1) is 16.3. The zero-order valence-corrected chi connectivity index (χ0v) is 14.1. The van der Waals surface area contributed by atoms with Gasteiger partial charge >= 0.3 is 5.97 Å². The van der Waals surface area contributed by atoms with E-state index in [4.69, 9.17) is 4.74 Å². The van der Waals surface area contributed by atoms with Crippen molar-refractivity contribution in [3.8, 4) is 0 Å². The summed E-state index contributed by atoms with van der Waals surface area (Å²) < 4.78 is 4.97. The third-order valence-corrected chi connectivity index (χ3v) is 5.39. The highest BCUT2D eigenvalue weighted by Crippen LogP contribution is 2.32. The second-order valence-corrected chi connectivity index (χ2v) is 6.63. The second-order valence-electron chi connectivity index (χ2n) is 5.80. The number of anilines is 1. The van der Waals surface area contributed by atoms with Gasteiger partial charge in [0.25, 0.3) is 0 Å². The predicted octanol–water partition coefficient (Wildman–Crippen LogP) is 3.65. The normalized spacial score (nSPS) is 22.0. The fraction of sp³-hybridized carbons (Fsp3) is 0.750. The van der Waals surface area contributed by atoms with Crippen molar-refractivity contribution in [2.75, 3.05) is 18.6 Å². The van der Waals surface area contributed by atoms with Gasteiger partial charge in [-0.15, -0.1) is 11.3 Å². The Kier molecular flexibility index (Phi) is 6.03. The van der Waals surface area contributed by atoms with E-state index in [9.17, 15) is 4.79 Å². The van der Waals surface area contributed by atoms with Crippen molar-refractivity contribution in [3.05, 3.63) is 11.1 Å². The van der Waals surface area contributed by atoms with Crippen molar-refractivity contribution in [1.82, 2.24) is 4.98 Å². The van der Waals surface area contributed by atoms with Crippen LogP contribution in [0.5, 0.6) is 0 Å². The molecule has 21 heavy (non-hydrogen) atoms. The minimum Gasteiger partial charge on any atom is -0.466 e. The maximum atomic E-state index is 11.5. The van der Waals surface area contributed by atoms with E-state index in [1.807, 2.05) is 12.3 Å². The van der Waals surface area contributed by atoms with E-state index in [2.05, 4.69) is 23.9 Å². The number of carbonyl (C=O) groups is 1. The van der Waals surface area contributed by atoms with Crippen molar-refractivity contribution in [3.63, 3.8) is 0 Å².